The summed E-state index contributed by atoms with van der Waals surface area (Å²) >= 11 is 0. The van der Waals surface area contributed by atoms with Crippen LogP contribution in [0.1, 0.15) is 36.9 Å². The summed E-state index contributed by atoms with van der Waals surface area (Å²) in [6, 6.07) is 16.3. The molecule has 2 N–H and O–H groups in total. The number of carbonyl (C=O) groups is 1. The highest BCUT2D eigenvalue weighted by Crippen LogP contribution is 2.18. The molecule has 0 saturated carbocycles. The number of nitrogens with one attached hydrogen (secondary N) is 2. The number of benzene rings is 1. The van der Waals surface area contributed by atoms with Crippen LogP contribution in [0, 0.1) is 0 Å². The molecule has 0 spiro atoms. The van der Waals surface area contributed by atoms with Crippen molar-refractivity contribution in [1.29, 1.82) is 0 Å². The molecule has 1 atom stereocenters. The molecular weight excluding hydrogens is 392 g/mol. The Bertz CT molecular complexity index is 1000. The number of carbonyl (C=O) groups excluding carboxylic acids is 1. The quantitative estimate of drug-likeness (QED) is 0.490. The second-order valence-corrected chi connectivity index (χ2v) is 7.28. The molecule has 0 radical (unpaired) electrons. The summed E-state index contributed by atoms with van der Waals surface area (Å²) < 4.78 is 7.44. The van der Waals surface area contributed by atoms with Gasteiger partial charge in [-0.25, -0.2) is 4.79 Å². The predicted octanol–water partition coefficient (Wildman–Crippen LogP) is 3.66. The first-order valence-electron chi connectivity index (χ1n) is 10.4. The second-order valence-electron chi connectivity index (χ2n) is 7.28. The number of hydrogen-bond acceptors (Lipinski definition) is 4. The first-order chi connectivity index (χ1) is 15.1. The zero-order valence-corrected chi connectivity index (χ0v) is 17.7. The highest BCUT2D eigenvalue weighted by molar-refractivity contribution is 5.74. The third-order valence-electron chi connectivity index (χ3n) is 4.87. The van der Waals surface area contributed by atoms with Crippen LogP contribution in [0.3, 0.4) is 0 Å². The molecule has 2 aromatic heterocycles. The van der Waals surface area contributed by atoms with Crippen LogP contribution in [0.25, 0.3) is 0 Å². The smallest absolute Gasteiger partial charge is 0.315 e. The van der Waals surface area contributed by atoms with E-state index < -0.39 is 0 Å². The van der Waals surface area contributed by atoms with E-state index >= 15 is 0 Å². The van der Waals surface area contributed by atoms with Gasteiger partial charge in [0.15, 0.2) is 0 Å². The van der Waals surface area contributed by atoms with Crippen molar-refractivity contribution in [3.8, 4) is 5.75 Å². The average molecular weight is 421 g/mol. The molecule has 3 rings (SSSR count). The van der Waals surface area contributed by atoms with E-state index in [0.29, 0.717) is 19.7 Å². The number of pyridine rings is 2. The highest BCUT2D eigenvalue weighted by atomic mass is 16.5. The molecule has 0 fully saturated rings. The Morgan fingerprint density at radius 1 is 1.10 bits per heavy atom. The highest BCUT2D eigenvalue weighted by Gasteiger charge is 2.09. The summed E-state index contributed by atoms with van der Waals surface area (Å²) in [6.45, 7) is 3.60. The maximum Gasteiger partial charge on any atom is 0.315 e. The molecule has 7 nitrogen and oxygen atoms in total. The Hall–Kier alpha value is -3.61. The summed E-state index contributed by atoms with van der Waals surface area (Å²) in [5, 5.41) is 5.80. The van der Waals surface area contributed by atoms with Crippen molar-refractivity contribution in [2.75, 3.05) is 6.54 Å². The summed E-state index contributed by atoms with van der Waals surface area (Å²) in [5.41, 5.74) is 2.00. The van der Waals surface area contributed by atoms with Crippen molar-refractivity contribution in [3.05, 3.63) is 94.7 Å². The monoisotopic (exact) mass is 420 g/mol. The second kappa shape index (κ2) is 11.5. The molecular formula is C24H28N4O3. The van der Waals surface area contributed by atoms with Crippen molar-refractivity contribution in [2.45, 2.75) is 39.0 Å². The molecule has 0 aliphatic rings. The lowest BCUT2D eigenvalue weighted by Gasteiger charge is -2.16. The maximum atomic E-state index is 12.1. The van der Waals surface area contributed by atoms with Gasteiger partial charge in [0.05, 0.1) is 6.04 Å². The van der Waals surface area contributed by atoms with Crippen LogP contribution in [0.2, 0.25) is 0 Å². The largest absolute Gasteiger partial charge is 0.489 e. The van der Waals surface area contributed by atoms with Gasteiger partial charge in [-0.05, 0) is 49.6 Å². The van der Waals surface area contributed by atoms with E-state index in [0.717, 1.165) is 29.7 Å². The van der Waals surface area contributed by atoms with Gasteiger partial charge in [-0.15, -0.1) is 0 Å². The van der Waals surface area contributed by atoms with Gasteiger partial charge in [0, 0.05) is 43.3 Å². The number of hydrogen-bond donors (Lipinski definition) is 2. The molecule has 0 aliphatic heterocycles. The van der Waals surface area contributed by atoms with Crippen LogP contribution in [-0.4, -0.2) is 22.1 Å². The molecule has 3 aromatic rings. The number of rotatable bonds is 10. The minimum absolute atomic E-state index is 0.00415. The van der Waals surface area contributed by atoms with E-state index in [4.69, 9.17) is 4.74 Å². The van der Waals surface area contributed by atoms with Crippen LogP contribution in [-0.2, 0) is 13.2 Å². The van der Waals surface area contributed by atoms with Gasteiger partial charge in [0.25, 0.3) is 0 Å². The molecule has 2 heterocycles. The Morgan fingerprint density at radius 3 is 2.68 bits per heavy atom. The topological polar surface area (TPSA) is 85.2 Å². The normalized spacial score (nSPS) is 11.5. The Kier molecular flexibility index (Phi) is 8.22. The van der Waals surface area contributed by atoms with Crippen molar-refractivity contribution in [1.82, 2.24) is 20.2 Å². The molecule has 0 aliphatic carbocycles. The third kappa shape index (κ3) is 7.29. The average Bonchev–Trinajstić information content (AvgIpc) is 2.79. The lowest BCUT2D eigenvalue weighted by molar-refractivity contribution is 0.237. The number of unbranched alkanes of at least 4 members (excludes halogenated alkanes) is 1. The summed E-state index contributed by atoms with van der Waals surface area (Å²) in [7, 11) is 0. The molecule has 1 unspecified atom stereocenters. The molecule has 31 heavy (non-hydrogen) atoms. The first kappa shape index (κ1) is 22.1. The lowest BCUT2D eigenvalue weighted by Crippen LogP contribution is -2.37. The predicted molar refractivity (Wildman–Crippen MR) is 120 cm³/mol. The minimum atomic E-state index is -0.207. The van der Waals surface area contributed by atoms with E-state index in [-0.39, 0.29) is 17.6 Å². The van der Waals surface area contributed by atoms with Gasteiger partial charge in [-0.3, -0.25) is 9.78 Å². The number of amides is 2. The standard InChI is InChI=1S/C24H28N4O3/c1-19(21-9-11-22(12-10-21)31-18-20-7-6-13-25-17-20)27-24(30)26-14-3-5-16-28-15-4-2-8-23(28)29/h2,4,6-13,15,17,19H,3,5,14,16,18H2,1H3,(H2,26,27,30). The number of urea groups is 1. The molecule has 162 valence electrons. The minimum Gasteiger partial charge on any atom is -0.489 e. The van der Waals surface area contributed by atoms with Crippen molar-refractivity contribution in [2.24, 2.45) is 0 Å². The van der Waals surface area contributed by atoms with Crippen LogP contribution in [0.4, 0.5) is 4.79 Å². The zero-order chi connectivity index (χ0) is 21.9. The maximum absolute atomic E-state index is 12.1. The number of aryl methyl sites for hydroxylation is 1. The first-order valence-corrected chi connectivity index (χ1v) is 10.4. The van der Waals surface area contributed by atoms with Crippen molar-refractivity contribution >= 4 is 6.03 Å². The van der Waals surface area contributed by atoms with Crippen molar-refractivity contribution < 1.29 is 9.53 Å². The van der Waals surface area contributed by atoms with Gasteiger partial charge in [-0.1, -0.05) is 24.3 Å². The van der Waals surface area contributed by atoms with Gasteiger partial charge < -0.3 is 19.9 Å². The fraction of sp³-hybridized carbons (Fsp3) is 0.292. The number of aromatic nitrogens is 2. The summed E-state index contributed by atoms with van der Waals surface area (Å²) in [6.07, 6.45) is 6.91. The number of nitrogens with zero attached hydrogens (tertiary/aromatic N) is 2. The third-order valence-corrected chi connectivity index (χ3v) is 4.87. The SMILES string of the molecule is CC(NC(=O)NCCCCn1ccccc1=O)c1ccc(OCc2cccnc2)cc1. The van der Waals surface area contributed by atoms with E-state index in [1.807, 2.05) is 49.4 Å². The van der Waals surface area contributed by atoms with Crippen LogP contribution >= 0.6 is 0 Å². The number of ether oxygens (including phenoxy) is 1. The molecule has 0 bridgehead atoms. The van der Waals surface area contributed by atoms with Gasteiger partial charge in [0.2, 0.25) is 5.56 Å². The Balaban J connectivity index is 1.35. The molecule has 1 aromatic carbocycles. The van der Waals surface area contributed by atoms with Crippen LogP contribution in [0.15, 0.2) is 78.0 Å². The Morgan fingerprint density at radius 2 is 1.94 bits per heavy atom. The Labute approximate surface area is 182 Å². The van der Waals surface area contributed by atoms with Gasteiger partial charge >= 0.3 is 6.03 Å². The van der Waals surface area contributed by atoms with Crippen LogP contribution < -0.4 is 20.9 Å². The lowest BCUT2D eigenvalue weighted by atomic mass is 10.1. The summed E-state index contributed by atoms with van der Waals surface area (Å²) in [5.74, 6) is 0.766. The van der Waals surface area contributed by atoms with E-state index in [9.17, 15) is 9.59 Å². The van der Waals surface area contributed by atoms with E-state index in [1.165, 1.54) is 0 Å². The van der Waals surface area contributed by atoms with E-state index in [1.54, 1.807) is 35.3 Å². The molecule has 7 heteroatoms. The van der Waals surface area contributed by atoms with E-state index in [2.05, 4.69) is 15.6 Å². The van der Waals surface area contributed by atoms with Gasteiger partial charge in [-0.2, -0.15) is 0 Å². The zero-order valence-electron chi connectivity index (χ0n) is 17.7. The molecule has 0 saturated heterocycles. The van der Waals surface area contributed by atoms with Crippen molar-refractivity contribution in [3.63, 3.8) is 0 Å². The fourth-order valence-corrected chi connectivity index (χ4v) is 3.09. The van der Waals surface area contributed by atoms with Crippen LogP contribution in [0.5, 0.6) is 5.75 Å². The van der Waals surface area contributed by atoms with Gasteiger partial charge in [0.1, 0.15) is 12.4 Å². The fourth-order valence-electron chi connectivity index (χ4n) is 3.09. The molecule has 2 amide bonds. The summed E-state index contributed by atoms with van der Waals surface area (Å²) in [4.78, 5) is 27.8.